The molecule has 4 heteroatoms. The standard InChI is InChI=1S/C29H26N2O2/c32-27(20-19-22-11-4-1-5-12-22)30-25-17-10-18-26(21-25)31-29(33)28(23-13-6-2-7-14-23)24-15-8-3-9-16-24/h1-18,21,28H,19-20H2,(H,30,32)(H,31,33). The highest BCUT2D eigenvalue weighted by Crippen LogP contribution is 2.27. The monoisotopic (exact) mass is 434 g/mol. The zero-order valence-corrected chi connectivity index (χ0v) is 18.3. The molecule has 0 aliphatic heterocycles. The van der Waals surface area contributed by atoms with E-state index in [1.807, 2.05) is 109 Å². The van der Waals surface area contributed by atoms with Gasteiger partial charge in [0.25, 0.3) is 0 Å². The van der Waals surface area contributed by atoms with Crippen molar-refractivity contribution in [3.8, 4) is 0 Å². The van der Waals surface area contributed by atoms with Crippen molar-refractivity contribution in [2.75, 3.05) is 10.6 Å². The molecule has 0 saturated carbocycles. The summed E-state index contributed by atoms with van der Waals surface area (Å²) in [5.41, 5.74) is 4.26. The summed E-state index contributed by atoms with van der Waals surface area (Å²) >= 11 is 0. The van der Waals surface area contributed by atoms with E-state index in [9.17, 15) is 9.59 Å². The van der Waals surface area contributed by atoms with Crippen LogP contribution in [0.2, 0.25) is 0 Å². The van der Waals surface area contributed by atoms with Gasteiger partial charge in [-0.15, -0.1) is 0 Å². The van der Waals surface area contributed by atoms with Gasteiger partial charge in [-0.1, -0.05) is 97.1 Å². The number of hydrogen-bond acceptors (Lipinski definition) is 2. The van der Waals surface area contributed by atoms with E-state index in [1.54, 1.807) is 6.07 Å². The molecule has 0 unspecified atom stereocenters. The van der Waals surface area contributed by atoms with Crippen LogP contribution >= 0.6 is 0 Å². The van der Waals surface area contributed by atoms with Gasteiger partial charge in [0, 0.05) is 17.8 Å². The van der Waals surface area contributed by atoms with Gasteiger partial charge in [-0.3, -0.25) is 9.59 Å². The molecular weight excluding hydrogens is 408 g/mol. The Hall–Kier alpha value is -4.18. The van der Waals surface area contributed by atoms with Crippen LogP contribution in [-0.2, 0) is 16.0 Å². The molecule has 0 atom stereocenters. The van der Waals surface area contributed by atoms with Crippen molar-refractivity contribution < 1.29 is 9.59 Å². The summed E-state index contributed by atoms with van der Waals surface area (Å²) in [6, 6.07) is 36.6. The van der Waals surface area contributed by atoms with Gasteiger partial charge in [0.05, 0.1) is 5.92 Å². The first kappa shape index (κ1) is 22.0. The van der Waals surface area contributed by atoms with Crippen molar-refractivity contribution in [1.29, 1.82) is 0 Å². The molecule has 0 saturated heterocycles. The molecule has 4 nitrogen and oxygen atoms in total. The van der Waals surface area contributed by atoms with Crippen LogP contribution in [0, 0.1) is 0 Å². The number of anilines is 2. The molecule has 0 spiro atoms. The second-order valence-corrected chi connectivity index (χ2v) is 7.86. The van der Waals surface area contributed by atoms with E-state index in [1.165, 1.54) is 0 Å². The molecule has 4 rings (SSSR count). The Bertz CT molecular complexity index is 1150. The summed E-state index contributed by atoms with van der Waals surface area (Å²) in [6.07, 6.45) is 1.07. The third-order valence-corrected chi connectivity index (χ3v) is 5.43. The first-order valence-electron chi connectivity index (χ1n) is 11.0. The number of nitrogens with one attached hydrogen (secondary N) is 2. The Balaban J connectivity index is 1.44. The molecule has 0 aliphatic carbocycles. The van der Waals surface area contributed by atoms with Crippen molar-refractivity contribution in [1.82, 2.24) is 0 Å². The maximum Gasteiger partial charge on any atom is 0.236 e. The van der Waals surface area contributed by atoms with E-state index in [2.05, 4.69) is 10.6 Å². The number of aryl methyl sites for hydroxylation is 1. The highest BCUT2D eigenvalue weighted by Gasteiger charge is 2.22. The number of amides is 2. The zero-order valence-electron chi connectivity index (χ0n) is 18.3. The van der Waals surface area contributed by atoms with Gasteiger partial charge in [0.15, 0.2) is 0 Å². The Kier molecular flexibility index (Phi) is 7.29. The summed E-state index contributed by atoms with van der Waals surface area (Å²) in [5, 5.41) is 5.95. The minimum Gasteiger partial charge on any atom is -0.326 e. The van der Waals surface area contributed by atoms with Gasteiger partial charge in [-0.2, -0.15) is 0 Å². The summed E-state index contributed by atoms with van der Waals surface area (Å²) in [4.78, 5) is 25.7. The summed E-state index contributed by atoms with van der Waals surface area (Å²) in [5.74, 6) is -0.620. The van der Waals surface area contributed by atoms with Crippen molar-refractivity contribution >= 4 is 23.2 Å². The van der Waals surface area contributed by atoms with Crippen LogP contribution in [-0.4, -0.2) is 11.8 Å². The van der Waals surface area contributed by atoms with Gasteiger partial charge in [0.2, 0.25) is 11.8 Å². The van der Waals surface area contributed by atoms with Gasteiger partial charge in [0.1, 0.15) is 0 Å². The maximum atomic E-state index is 13.3. The lowest BCUT2D eigenvalue weighted by Gasteiger charge is -2.18. The average molecular weight is 435 g/mol. The number of carbonyl (C=O) groups excluding carboxylic acids is 2. The third-order valence-electron chi connectivity index (χ3n) is 5.43. The lowest BCUT2D eigenvalue weighted by molar-refractivity contribution is -0.117. The van der Waals surface area contributed by atoms with Gasteiger partial charge < -0.3 is 10.6 Å². The molecule has 0 bridgehead atoms. The number of hydrogen-bond donors (Lipinski definition) is 2. The van der Waals surface area contributed by atoms with Crippen LogP contribution in [0.25, 0.3) is 0 Å². The second-order valence-electron chi connectivity index (χ2n) is 7.86. The smallest absolute Gasteiger partial charge is 0.236 e. The highest BCUT2D eigenvalue weighted by atomic mass is 16.2. The van der Waals surface area contributed by atoms with Crippen molar-refractivity contribution in [2.24, 2.45) is 0 Å². The quantitative estimate of drug-likeness (QED) is 0.356. The Morgan fingerprint density at radius 2 is 1.12 bits per heavy atom. The molecule has 33 heavy (non-hydrogen) atoms. The fourth-order valence-electron chi connectivity index (χ4n) is 3.80. The van der Waals surface area contributed by atoms with Crippen LogP contribution in [0.4, 0.5) is 11.4 Å². The topological polar surface area (TPSA) is 58.2 Å². The van der Waals surface area contributed by atoms with E-state index < -0.39 is 5.92 Å². The molecule has 0 aliphatic rings. The zero-order chi connectivity index (χ0) is 22.9. The Labute approximate surface area is 194 Å². The van der Waals surface area contributed by atoms with E-state index in [0.29, 0.717) is 24.2 Å². The van der Waals surface area contributed by atoms with Crippen LogP contribution in [0.5, 0.6) is 0 Å². The van der Waals surface area contributed by atoms with Crippen molar-refractivity contribution in [3.63, 3.8) is 0 Å². The lowest BCUT2D eigenvalue weighted by atomic mass is 9.90. The predicted octanol–water partition coefficient (Wildman–Crippen LogP) is 6.03. The Morgan fingerprint density at radius 1 is 0.606 bits per heavy atom. The van der Waals surface area contributed by atoms with E-state index >= 15 is 0 Å². The molecule has 2 amide bonds. The van der Waals surface area contributed by atoms with E-state index in [-0.39, 0.29) is 11.8 Å². The fraction of sp³-hybridized carbons (Fsp3) is 0.103. The van der Waals surface area contributed by atoms with Gasteiger partial charge >= 0.3 is 0 Å². The van der Waals surface area contributed by atoms with E-state index in [0.717, 1.165) is 16.7 Å². The van der Waals surface area contributed by atoms with Crippen molar-refractivity contribution in [3.05, 3.63) is 132 Å². The van der Waals surface area contributed by atoms with Crippen LogP contribution in [0.1, 0.15) is 29.0 Å². The first-order valence-corrected chi connectivity index (χ1v) is 11.0. The molecule has 0 radical (unpaired) electrons. The fourth-order valence-corrected chi connectivity index (χ4v) is 3.80. The predicted molar refractivity (Wildman–Crippen MR) is 133 cm³/mol. The lowest BCUT2D eigenvalue weighted by Crippen LogP contribution is -2.22. The normalized spacial score (nSPS) is 10.6. The molecular formula is C29H26N2O2. The Morgan fingerprint density at radius 3 is 1.70 bits per heavy atom. The van der Waals surface area contributed by atoms with E-state index in [4.69, 9.17) is 0 Å². The van der Waals surface area contributed by atoms with Gasteiger partial charge in [-0.25, -0.2) is 0 Å². The molecule has 164 valence electrons. The molecule has 4 aromatic rings. The van der Waals surface area contributed by atoms with Gasteiger partial charge in [-0.05, 0) is 41.3 Å². The third kappa shape index (κ3) is 6.17. The molecule has 4 aromatic carbocycles. The SMILES string of the molecule is O=C(CCc1ccccc1)Nc1cccc(NC(=O)C(c2ccccc2)c2ccccc2)c1. The largest absolute Gasteiger partial charge is 0.326 e. The molecule has 2 N–H and O–H groups in total. The van der Waals surface area contributed by atoms with Crippen LogP contribution in [0.3, 0.4) is 0 Å². The number of benzene rings is 4. The summed E-state index contributed by atoms with van der Waals surface area (Å²) in [6.45, 7) is 0. The van der Waals surface area contributed by atoms with Crippen LogP contribution in [0.15, 0.2) is 115 Å². The maximum absolute atomic E-state index is 13.3. The summed E-state index contributed by atoms with van der Waals surface area (Å²) in [7, 11) is 0. The minimum absolute atomic E-state index is 0.0613. The number of rotatable bonds is 8. The molecule has 0 aromatic heterocycles. The molecule has 0 heterocycles. The van der Waals surface area contributed by atoms with Crippen LogP contribution < -0.4 is 10.6 Å². The average Bonchev–Trinajstić information content (AvgIpc) is 2.85. The highest BCUT2D eigenvalue weighted by molar-refractivity contribution is 5.99. The summed E-state index contributed by atoms with van der Waals surface area (Å²) < 4.78 is 0. The number of carbonyl (C=O) groups is 2. The minimum atomic E-state index is -0.434. The van der Waals surface area contributed by atoms with Crippen molar-refractivity contribution in [2.45, 2.75) is 18.8 Å². The first-order chi connectivity index (χ1) is 16.2. The molecule has 0 fully saturated rings. The second kappa shape index (κ2) is 10.9.